The maximum absolute atomic E-state index is 12.3. The number of carbonyl (C=O) groups excluding carboxylic acids is 1. The summed E-state index contributed by atoms with van der Waals surface area (Å²) in [6, 6.07) is 0. The molecule has 178 valence electrons. The number of likely N-dealkylation sites (tertiary alicyclic amines) is 1. The van der Waals surface area contributed by atoms with Crippen LogP contribution in [0.25, 0.3) is 0 Å². The van der Waals surface area contributed by atoms with Crippen LogP contribution in [0.4, 0.5) is 0 Å². The predicted molar refractivity (Wildman–Crippen MR) is 122 cm³/mol. The molecule has 30 heavy (non-hydrogen) atoms. The molecular formula is C23H46NO5S+. The number of nitrogens with zero attached hydrogens (tertiary/aromatic N) is 1. The average molecular weight is 449 g/mol. The van der Waals surface area contributed by atoms with Crippen molar-refractivity contribution in [3.05, 3.63) is 0 Å². The van der Waals surface area contributed by atoms with E-state index in [9.17, 15) is 13.2 Å². The Kier molecular flexibility index (Phi) is 13.9. The number of hydrogen-bond donors (Lipinski definition) is 1. The third kappa shape index (κ3) is 12.3. The van der Waals surface area contributed by atoms with Gasteiger partial charge in [-0.3, -0.25) is 9.35 Å². The summed E-state index contributed by atoms with van der Waals surface area (Å²) in [5.74, 6) is -0.403. The average Bonchev–Trinajstić information content (AvgIpc) is 2.69. The maximum Gasteiger partial charge on any atom is 0.314 e. The van der Waals surface area contributed by atoms with Gasteiger partial charge in [-0.2, -0.15) is 8.42 Å². The molecule has 1 N–H and O–H groups in total. The Morgan fingerprint density at radius 3 is 2.07 bits per heavy atom. The lowest BCUT2D eigenvalue weighted by molar-refractivity contribution is -0.935. The van der Waals surface area contributed by atoms with Crippen LogP contribution in [-0.4, -0.2) is 62.0 Å². The molecule has 1 aliphatic heterocycles. The second-order valence-electron chi connectivity index (χ2n) is 9.11. The van der Waals surface area contributed by atoms with Crippen molar-refractivity contribution in [1.29, 1.82) is 0 Å². The SMILES string of the molecule is CCCCCCCCCCCC[N+]1(CCCS(=O)(=O)O)CCCC(C(=O)OCC)C1. The van der Waals surface area contributed by atoms with Gasteiger partial charge >= 0.3 is 5.97 Å². The lowest BCUT2D eigenvalue weighted by atomic mass is 9.94. The summed E-state index contributed by atoms with van der Waals surface area (Å²) in [6.45, 7) is 7.89. The molecule has 1 rings (SSSR count). The van der Waals surface area contributed by atoms with Gasteiger partial charge in [-0.25, -0.2) is 0 Å². The van der Waals surface area contributed by atoms with E-state index in [4.69, 9.17) is 9.29 Å². The van der Waals surface area contributed by atoms with Crippen LogP contribution in [0.3, 0.4) is 0 Å². The smallest absolute Gasteiger partial charge is 0.314 e. The van der Waals surface area contributed by atoms with Gasteiger partial charge in [0.25, 0.3) is 10.1 Å². The summed E-state index contributed by atoms with van der Waals surface area (Å²) in [6.07, 6.45) is 15.1. The van der Waals surface area contributed by atoms with Crippen LogP contribution < -0.4 is 0 Å². The summed E-state index contributed by atoms with van der Waals surface area (Å²) >= 11 is 0. The lowest BCUT2D eigenvalue weighted by Gasteiger charge is -2.44. The van der Waals surface area contributed by atoms with Crippen LogP contribution in [0.5, 0.6) is 0 Å². The van der Waals surface area contributed by atoms with Gasteiger partial charge in [-0.05, 0) is 32.6 Å². The van der Waals surface area contributed by atoms with E-state index in [1.54, 1.807) is 0 Å². The number of rotatable bonds is 17. The molecule has 0 spiro atoms. The molecule has 0 radical (unpaired) electrons. The van der Waals surface area contributed by atoms with E-state index < -0.39 is 10.1 Å². The molecule has 0 aromatic carbocycles. The summed E-state index contributed by atoms with van der Waals surface area (Å²) in [5, 5.41) is 0. The van der Waals surface area contributed by atoms with Gasteiger partial charge in [-0.15, -0.1) is 0 Å². The van der Waals surface area contributed by atoms with Crippen molar-refractivity contribution in [2.24, 2.45) is 5.92 Å². The first kappa shape index (κ1) is 27.4. The molecule has 1 heterocycles. The topological polar surface area (TPSA) is 80.7 Å². The zero-order chi connectivity index (χ0) is 22.3. The van der Waals surface area contributed by atoms with Gasteiger partial charge in [0, 0.05) is 6.42 Å². The number of quaternary nitrogens is 1. The van der Waals surface area contributed by atoms with E-state index in [0.29, 0.717) is 19.6 Å². The molecule has 0 aromatic rings. The van der Waals surface area contributed by atoms with Crippen molar-refractivity contribution in [3.63, 3.8) is 0 Å². The highest BCUT2D eigenvalue weighted by atomic mass is 32.2. The highest BCUT2D eigenvalue weighted by Gasteiger charge is 2.38. The zero-order valence-corrected chi connectivity index (χ0v) is 20.3. The molecule has 1 fully saturated rings. The second kappa shape index (κ2) is 15.2. The predicted octanol–water partition coefficient (Wildman–Crippen LogP) is 4.98. The second-order valence-corrected chi connectivity index (χ2v) is 10.7. The van der Waals surface area contributed by atoms with E-state index in [2.05, 4.69) is 6.92 Å². The molecule has 7 heteroatoms. The molecule has 0 bridgehead atoms. The normalized spacial score (nSPS) is 22.2. The third-order valence-corrected chi connectivity index (χ3v) is 7.24. The standard InChI is InChI=1S/C23H45NO5S/c1-3-5-6-7-8-9-10-11-12-13-17-24(19-15-20-30(26,27)28)18-14-16-22(21-24)23(25)29-4-2/h22H,3-21H2,1-2H3/p+1. The van der Waals surface area contributed by atoms with E-state index in [1.807, 2.05) is 6.92 Å². The van der Waals surface area contributed by atoms with E-state index in [-0.39, 0.29) is 17.6 Å². The molecule has 0 aromatic heterocycles. The van der Waals surface area contributed by atoms with Gasteiger partial charge in [0.1, 0.15) is 5.92 Å². The minimum atomic E-state index is -3.94. The fourth-order valence-electron chi connectivity index (χ4n) is 4.81. The van der Waals surface area contributed by atoms with Crippen molar-refractivity contribution in [2.45, 2.75) is 97.3 Å². The zero-order valence-electron chi connectivity index (χ0n) is 19.4. The molecule has 6 nitrogen and oxygen atoms in total. The Balaban J connectivity index is 2.44. The first-order valence-electron chi connectivity index (χ1n) is 12.3. The number of piperidine rings is 1. The Morgan fingerprint density at radius 1 is 0.933 bits per heavy atom. The third-order valence-electron chi connectivity index (χ3n) is 6.43. The Hall–Kier alpha value is -0.660. The number of esters is 1. The summed E-state index contributed by atoms with van der Waals surface area (Å²) in [5.41, 5.74) is 0. The fraction of sp³-hybridized carbons (Fsp3) is 0.957. The van der Waals surface area contributed by atoms with Gasteiger partial charge in [-0.1, -0.05) is 58.3 Å². The van der Waals surface area contributed by atoms with Gasteiger partial charge in [0.15, 0.2) is 0 Å². The minimum absolute atomic E-state index is 0.0902. The van der Waals surface area contributed by atoms with Crippen molar-refractivity contribution >= 4 is 16.1 Å². The number of hydrogen-bond acceptors (Lipinski definition) is 4. The van der Waals surface area contributed by atoms with Gasteiger partial charge in [0.2, 0.25) is 0 Å². The number of unbranched alkanes of at least 4 members (excludes halogenated alkanes) is 9. The molecule has 2 atom stereocenters. The van der Waals surface area contributed by atoms with Crippen LogP contribution in [0.1, 0.15) is 97.3 Å². The van der Waals surface area contributed by atoms with Crippen molar-refractivity contribution in [1.82, 2.24) is 0 Å². The fourth-order valence-corrected chi connectivity index (χ4v) is 5.30. The van der Waals surface area contributed by atoms with E-state index in [0.717, 1.165) is 43.4 Å². The summed E-state index contributed by atoms with van der Waals surface area (Å²) < 4.78 is 37.4. The first-order chi connectivity index (χ1) is 14.3. The van der Waals surface area contributed by atoms with Crippen LogP contribution >= 0.6 is 0 Å². The highest BCUT2D eigenvalue weighted by Crippen LogP contribution is 2.27. The summed E-state index contributed by atoms with van der Waals surface area (Å²) in [4.78, 5) is 12.3. The first-order valence-corrected chi connectivity index (χ1v) is 13.9. The molecule has 1 aliphatic rings. The lowest BCUT2D eigenvalue weighted by Crippen LogP contribution is -2.56. The number of ether oxygens (including phenoxy) is 1. The Labute approximate surface area is 185 Å². The van der Waals surface area contributed by atoms with Gasteiger partial charge < -0.3 is 9.22 Å². The van der Waals surface area contributed by atoms with Crippen molar-refractivity contribution < 1.29 is 27.0 Å². The van der Waals surface area contributed by atoms with Crippen LogP contribution in [0.15, 0.2) is 0 Å². The molecule has 2 unspecified atom stereocenters. The molecule has 0 aliphatic carbocycles. The molecule has 0 amide bonds. The largest absolute Gasteiger partial charge is 0.466 e. The maximum atomic E-state index is 12.3. The van der Waals surface area contributed by atoms with Crippen LogP contribution in [0, 0.1) is 5.92 Å². The van der Waals surface area contributed by atoms with Crippen LogP contribution in [-0.2, 0) is 19.6 Å². The monoisotopic (exact) mass is 448 g/mol. The Bertz CT molecular complexity index is 566. The molecule has 1 saturated heterocycles. The van der Waals surface area contributed by atoms with E-state index in [1.165, 1.54) is 57.8 Å². The quantitative estimate of drug-likeness (QED) is 0.147. The molecular weight excluding hydrogens is 402 g/mol. The molecule has 0 saturated carbocycles. The van der Waals surface area contributed by atoms with E-state index >= 15 is 0 Å². The van der Waals surface area contributed by atoms with Crippen molar-refractivity contribution in [3.8, 4) is 0 Å². The highest BCUT2D eigenvalue weighted by molar-refractivity contribution is 7.85. The van der Waals surface area contributed by atoms with Crippen LogP contribution in [0.2, 0.25) is 0 Å². The Morgan fingerprint density at radius 2 is 1.50 bits per heavy atom. The number of carbonyl (C=O) groups is 1. The van der Waals surface area contributed by atoms with Gasteiger partial charge in [0.05, 0.1) is 38.5 Å². The van der Waals surface area contributed by atoms with Crippen molar-refractivity contribution in [2.75, 3.05) is 38.5 Å². The minimum Gasteiger partial charge on any atom is -0.466 e. The summed E-state index contributed by atoms with van der Waals surface area (Å²) in [7, 11) is -3.94.